The first-order valence-corrected chi connectivity index (χ1v) is 3.13. The molecule has 0 unspecified atom stereocenters. The van der Waals surface area contributed by atoms with Crippen LogP contribution in [-0.4, -0.2) is 18.1 Å². The lowest BCUT2D eigenvalue weighted by atomic mass is 10.3. The van der Waals surface area contributed by atoms with E-state index in [1.165, 1.54) is 0 Å². The molecule has 0 saturated heterocycles. The number of alkyl halides is 3. The molecule has 0 aromatic heterocycles. The molecule has 72 valence electrons. The summed E-state index contributed by atoms with van der Waals surface area (Å²) in [5, 5.41) is 0. The van der Waals surface area contributed by atoms with E-state index < -0.39 is 24.5 Å². The van der Waals surface area contributed by atoms with E-state index in [1.54, 1.807) is 0 Å². The molecular weight excluding hydrogens is 189 g/mol. The van der Waals surface area contributed by atoms with Crippen LogP contribution in [0.25, 0.3) is 0 Å². The maximum absolute atomic E-state index is 11.5. The number of carbonyl (C=O) groups excluding carboxylic acids is 2. The number of esters is 2. The number of ether oxygens (including phenoxy) is 1. The van der Waals surface area contributed by atoms with Gasteiger partial charge in [0, 0.05) is 6.42 Å². The van der Waals surface area contributed by atoms with Gasteiger partial charge in [-0.3, -0.25) is 4.79 Å². The Morgan fingerprint density at radius 2 is 1.92 bits per heavy atom. The minimum Gasteiger partial charge on any atom is -0.386 e. The minimum atomic E-state index is -5.15. The Morgan fingerprint density at radius 1 is 1.38 bits per heavy atom. The largest absolute Gasteiger partial charge is 0.491 e. The first kappa shape index (κ1) is 11.5. The normalized spacial score (nSPS) is 10.3. The third-order valence-corrected chi connectivity index (χ3v) is 0.911. The van der Waals surface area contributed by atoms with Crippen LogP contribution in [-0.2, 0) is 14.3 Å². The topological polar surface area (TPSA) is 43.4 Å². The molecule has 0 radical (unpaired) electrons. The molecule has 0 aromatic carbocycles. The van der Waals surface area contributed by atoms with E-state index in [9.17, 15) is 22.8 Å². The molecular formula is C7H5F3O3. The van der Waals surface area contributed by atoms with Crippen molar-refractivity contribution in [3.8, 4) is 12.3 Å². The zero-order valence-electron chi connectivity index (χ0n) is 6.35. The number of carbonyl (C=O) groups is 2. The second-order valence-corrected chi connectivity index (χ2v) is 1.96. The molecule has 13 heavy (non-hydrogen) atoms. The Morgan fingerprint density at radius 3 is 2.31 bits per heavy atom. The van der Waals surface area contributed by atoms with Crippen LogP contribution in [0.15, 0.2) is 0 Å². The predicted molar refractivity (Wildman–Crippen MR) is 35.2 cm³/mol. The van der Waals surface area contributed by atoms with Gasteiger partial charge in [0.25, 0.3) is 0 Å². The molecule has 0 fully saturated rings. The highest BCUT2D eigenvalue weighted by Gasteiger charge is 2.42. The first-order valence-electron chi connectivity index (χ1n) is 3.13. The average Bonchev–Trinajstić information content (AvgIpc) is 1.99. The number of terminal acetylenes is 1. The molecule has 0 heterocycles. The lowest BCUT2D eigenvalue weighted by molar-refractivity contribution is -0.201. The Kier molecular flexibility index (Phi) is 3.98. The van der Waals surface area contributed by atoms with Gasteiger partial charge in [0.2, 0.25) is 0 Å². The molecule has 0 spiro atoms. The van der Waals surface area contributed by atoms with Crippen molar-refractivity contribution in [2.24, 2.45) is 0 Å². The molecule has 0 aromatic rings. The van der Waals surface area contributed by atoms with Crippen molar-refractivity contribution in [1.82, 2.24) is 0 Å². The Bertz CT molecular complexity index is 249. The second-order valence-electron chi connectivity index (χ2n) is 1.96. The van der Waals surface area contributed by atoms with Gasteiger partial charge in [-0.25, -0.2) is 4.79 Å². The van der Waals surface area contributed by atoms with Gasteiger partial charge in [0.1, 0.15) is 0 Å². The van der Waals surface area contributed by atoms with Crippen LogP contribution >= 0.6 is 0 Å². The smallest absolute Gasteiger partial charge is 0.386 e. The molecule has 6 heteroatoms. The first-order chi connectivity index (χ1) is 5.88. The molecule has 0 amide bonds. The maximum atomic E-state index is 11.5. The second kappa shape index (κ2) is 4.50. The van der Waals surface area contributed by atoms with E-state index in [1.807, 2.05) is 5.92 Å². The van der Waals surface area contributed by atoms with Gasteiger partial charge in [-0.1, -0.05) is 0 Å². The van der Waals surface area contributed by atoms with Crippen LogP contribution in [0, 0.1) is 12.3 Å². The molecule has 0 aliphatic heterocycles. The van der Waals surface area contributed by atoms with Crippen LogP contribution in [0.1, 0.15) is 12.8 Å². The van der Waals surface area contributed by atoms with Crippen molar-refractivity contribution in [3.05, 3.63) is 0 Å². The van der Waals surface area contributed by atoms with Crippen LogP contribution in [0.2, 0.25) is 0 Å². The van der Waals surface area contributed by atoms with E-state index in [0.717, 1.165) is 0 Å². The Hall–Kier alpha value is -1.51. The molecule has 0 aliphatic carbocycles. The fraction of sp³-hybridized carbons (Fsp3) is 0.429. The van der Waals surface area contributed by atoms with Gasteiger partial charge in [-0.15, -0.1) is 12.3 Å². The van der Waals surface area contributed by atoms with Gasteiger partial charge in [-0.2, -0.15) is 13.2 Å². The van der Waals surface area contributed by atoms with Crippen LogP contribution in [0.3, 0.4) is 0 Å². The molecule has 0 aliphatic rings. The van der Waals surface area contributed by atoms with Crippen molar-refractivity contribution < 1.29 is 27.5 Å². The van der Waals surface area contributed by atoms with Crippen molar-refractivity contribution in [1.29, 1.82) is 0 Å². The summed E-state index contributed by atoms with van der Waals surface area (Å²) in [6.45, 7) is 0. The molecule has 0 atom stereocenters. The van der Waals surface area contributed by atoms with Crippen molar-refractivity contribution in [2.45, 2.75) is 19.0 Å². The summed E-state index contributed by atoms with van der Waals surface area (Å²) in [5.74, 6) is -1.78. The number of hydrogen-bond donors (Lipinski definition) is 0. The van der Waals surface area contributed by atoms with Crippen molar-refractivity contribution in [2.75, 3.05) is 0 Å². The summed E-state index contributed by atoms with van der Waals surface area (Å²) in [7, 11) is 0. The lowest BCUT2D eigenvalue weighted by Crippen LogP contribution is -2.27. The monoisotopic (exact) mass is 194 g/mol. The summed E-state index contributed by atoms with van der Waals surface area (Å²) in [5.41, 5.74) is 0. The molecule has 0 bridgehead atoms. The number of halogens is 3. The van der Waals surface area contributed by atoms with Gasteiger partial charge in [0.05, 0.1) is 6.42 Å². The highest BCUT2D eigenvalue weighted by atomic mass is 19.4. The SMILES string of the molecule is C#CCCC(=O)OC(=O)C(F)(F)F. The van der Waals surface area contributed by atoms with Gasteiger partial charge < -0.3 is 4.74 Å². The summed E-state index contributed by atoms with van der Waals surface area (Å²) < 4.78 is 37.8. The van der Waals surface area contributed by atoms with E-state index in [0.29, 0.717) is 0 Å². The lowest BCUT2D eigenvalue weighted by Gasteiger charge is -2.03. The zero-order chi connectivity index (χ0) is 10.5. The summed E-state index contributed by atoms with van der Waals surface area (Å²) in [6.07, 6.45) is -0.888. The van der Waals surface area contributed by atoms with E-state index in [-0.39, 0.29) is 6.42 Å². The highest BCUT2D eigenvalue weighted by molar-refractivity contribution is 5.88. The average molecular weight is 194 g/mol. The predicted octanol–water partition coefficient (Wildman–Crippen LogP) is 1.03. The van der Waals surface area contributed by atoms with Crippen molar-refractivity contribution in [3.63, 3.8) is 0 Å². The fourth-order valence-electron chi connectivity index (χ4n) is 0.387. The van der Waals surface area contributed by atoms with E-state index >= 15 is 0 Å². The van der Waals surface area contributed by atoms with Gasteiger partial charge in [0.15, 0.2) is 0 Å². The molecule has 0 saturated carbocycles. The third kappa shape index (κ3) is 4.85. The fourth-order valence-corrected chi connectivity index (χ4v) is 0.387. The molecule has 0 N–H and O–H groups in total. The number of hydrogen-bond acceptors (Lipinski definition) is 3. The zero-order valence-corrected chi connectivity index (χ0v) is 6.35. The van der Waals surface area contributed by atoms with Crippen LogP contribution in [0.4, 0.5) is 13.2 Å². The Labute approximate surface area is 71.9 Å². The summed E-state index contributed by atoms with van der Waals surface area (Å²) >= 11 is 0. The molecule has 0 rings (SSSR count). The standard InChI is InChI=1S/C7H5F3O3/c1-2-3-4-5(11)13-6(12)7(8,9)10/h1H,3-4H2. The summed E-state index contributed by atoms with van der Waals surface area (Å²) in [6, 6.07) is 0. The summed E-state index contributed by atoms with van der Waals surface area (Å²) in [4.78, 5) is 20.4. The van der Waals surface area contributed by atoms with Gasteiger partial charge in [-0.05, 0) is 0 Å². The molecule has 3 nitrogen and oxygen atoms in total. The van der Waals surface area contributed by atoms with E-state index in [4.69, 9.17) is 6.42 Å². The minimum absolute atomic E-state index is 0.0655. The quantitative estimate of drug-likeness (QED) is 0.374. The maximum Gasteiger partial charge on any atom is 0.491 e. The van der Waals surface area contributed by atoms with Crippen LogP contribution < -0.4 is 0 Å². The van der Waals surface area contributed by atoms with Crippen molar-refractivity contribution >= 4 is 11.9 Å². The van der Waals surface area contributed by atoms with E-state index in [2.05, 4.69) is 4.74 Å². The third-order valence-electron chi connectivity index (χ3n) is 0.911. The highest BCUT2D eigenvalue weighted by Crippen LogP contribution is 2.16. The number of rotatable bonds is 2. The van der Waals surface area contributed by atoms with Gasteiger partial charge >= 0.3 is 18.1 Å². The van der Waals surface area contributed by atoms with Crippen LogP contribution in [0.5, 0.6) is 0 Å². The Balaban J connectivity index is 3.95.